The Kier molecular flexibility index (Phi) is 5.82. The number of amides is 1. The second kappa shape index (κ2) is 7.45. The summed E-state index contributed by atoms with van der Waals surface area (Å²) in [5, 5.41) is 0. The summed E-state index contributed by atoms with van der Waals surface area (Å²) in [6, 6.07) is 8.11. The molecule has 1 heterocycles. The van der Waals surface area contributed by atoms with Crippen LogP contribution < -0.4 is 0 Å². The summed E-state index contributed by atoms with van der Waals surface area (Å²) >= 11 is 0. The molecule has 1 fully saturated rings. The van der Waals surface area contributed by atoms with Crippen LogP contribution in [0.4, 0.5) is 0 Å². The van der Waals surface area contributed by atoms with Crippen LogP contribution in [0.1, 0.15) is 36.7 Å². The van der Waals surface area contributed by atoms with Gasteiger partial charge in [0, 0.05) is 44.8 Å². The van der Waals surface area contributed by atoms with Crippen LogP contribution in [-0.2, 0) is 5.41 Å². The monoisotopic (exact) mass is 317 g/mol. The molecule has 4 heteroatoms. The van der Waals surface area contributed by atoms with Gasteiger partial charge in [0.2, 0.25) is 0 Å². The third kappa shape index (κ3) is 5.05. The van der Waals surface area contributed by atoms with Crippen LogP contribution in [0.2, 0.25) is 0 Å². The molecular formula is C19H31N3O. The van der Waals surface area contributed by atoms with Gasteiger partial charge in [-0.15, -0.1) is 0 Å². The molecule has 1 aromatic rings. The van der Waals surface area contributed by atoms with Crippen molar-refractivity contribution in [3.8, 4) is 0 Å². The maximum Gasteiger partial charge on any atom is 0.253 e. The van der Waals surface area contributed by atoms with E-state index in [0.717, 1.165) is 44.8 Å². The molecule has 0 unspecified atom stereocenters. The van der Waals surface area contributed by atoms with Crippen molar-refractivity contribution in [2.24, 2.45) is 0 Å². The minimum Gasteiger partial charge on any atom is -0.336 e. The first kappa shape index (κ1) is 18.0. The van der Waals surface area contributed by atoms with Gasteiger partial charge in [-0.25, -0.2) is 0 Å². The number of rotatable bonds is 4. The van der Waals surface area contributed by atoms with Gasteiger partial charge in [0.05, 0.1) is 0 Å². The van der Waals surface area contributed by atoms with Gasteiger partial charge >= 0.3 is 0 Å². The zero-order valence-electron chi connectivity index (χ0n) is 15.3. The van der Waals surface area contributed by atoms with Crippen molar-refractivity contribution in [1.82, 2.24) is 14.7 Å². The summed E-state index contributed by atoms with van der Waals surface area (Å²) in [6.45, 7) is 12.3. The average molecular weight is 317 g/mol. The number of nitrogens with zero attached hydrogens (tertiary/aromatic N) is 3. The van der Waals surface area contributed by atoms with Gasteiger partial charge in [0.25, 0.3) is 5.91 Å². The number of carbonyl (C=O) groups is 1. The van der Waals surface area contributed by atoms with Crippen molar-refractivity contribution in [3.63, 3.8) is 0 Å². The summed E-state index contributed by atoms with van der Waals surface area (Å²) < 4.78 is 0. The molecule has 128 valence electrons. The van der Waals surface area contributed by atoms with Crippen molar-refractivity contribution in [1.29, 1.82) is 0 Å². The first-order valence-corrected chi connectivity index (χ1v) is 8.54. The number of hydrogen-bond acceptors (Lipinski definition) is 3. The lowest BCUT2D eigenvalue weighted by molar-refractivity contribution is 0.0629. The molecular weight excluding hydrogens is 286 g/mol. The molecule has 0 atom stereocenters. The molecule has 0 N–H and O–H groups in total. The van der Waals surface area contributed by atoms with Crippen molar-refractivity contribution >= 4 is 5.91 Å². The Bertz CT molecular complexity index is 508. The summed E-state index contributed by atoms with van der Waals surface area (Å²) in [7, 11) is 4.20. The second-order valence-corrected chi connectivity index (χ2v) is 7.76. The zero-order chi connectivity index (χ0) is 17.0. The van der Waals surface area contributed by atoms with Crippen LogP contribution >= 0.6 is 0 Å². The molecule has 1 aliphatic rings. The van der Waals surface area contributed by atoms with E-state index in [1.54, 1.807) is 0 Å². The van der Waals surface area contributed by atoms with Crippen molar-refractivity contribution in [3.05, 3.63) is 35.4 Å². The molecule has 0 spiro atoms. The van der Waals surface area contributed by atoms with Crippen LogP contribution in [0.5, 0.6) is 0 Å². The van der Waals surface area contributed by atoms with E-state index in [4.69, 9.17) is 0 Å². The Balaban J connectivity index is 1.90. The molecule has 0 saturated carbocycles. The second-order valence-electron chi connectivity index (χ2n) is 7.76. The fourth-order valence-electron chi connectivity index (χ4n) is 2.81. The quantitative estimate of drug-likeness (QED) is 0.852. The van der Waals surface area contributed by atoms with Gasteiger partial charge in [-0.1, -0.05) is 32.9 Å². The van der Waals surface area contributed by atoms with Gasteiger partial charge in [-0.2, -0.15) is 0 Å². The number of benzene rings is 1. The van der Waals surface area contributed by atoms with Gasteiger partial charge in [0.15, 0.2) is 0 Å². The third-order valence-electron chi connectivity index (χ3n) is 4.52. The maximum atomic E-state index is 12.6. The predicted molar refractivity (Wildman–Crippen MR) is 96.0 cm³/mol. The summed E-state index contributed by atoms with van der Waals surface area (Å²) in [4.78, 5) is 19.3. The highest BCUT2D eigenvalue weighted by atomic mass is 16.2. The Labute approximate surface area is 141 Å². The standard InChI is InChI=1S/C19H31N3O/c1-19(2,3)17-8-6-16(7-9-17)18(23)22-14-12-21(13-15-22)11-10-20(4)5/h6-9H,10-15H2,1-5H3. The molecule has 0 aliphatic carbocycles. The Hall–Kier alpha value is -1.39. The van der Waals surface area contributed by atoms with Crippen LogP contribution in [0, 0.1) is 0 Å². The molecule has 4 nitrogen and oxygen atoms in total. The van der Waals surface area contributed by atoms with Crippen LogP contribution in [0.25, 0.3) is 0 Å². The summed E-state index contributed by atoms with van der Waals surface area (Å²) in [5.74, 6) is 0.165. The lowest BCUT2D eigenvalue weighted by Gasteiger charge is -2.35. The molecule has 1 aromatic carbocycles. The number of hydrogen-bond donors (Lipinski definition) is 0. The van der Waals surface area contributed by atoms with Gasteiger partial charge in [-0.3, -0.25) is 9.69 Å². The molecule has 0 aromatic heterocycles. The van der Waals surface area contributed by atoms with Crippen molar-refractivity contribution < 1.29 is 4.79 Å². The average Bonchev–Trinajstić information content (AvgIpc) is 2.52. The van der Waals surface area contributed by atoms with E-state index < -0.39 is 0 Å². The lowest BCUT2D eigenvalue weighted by atomic mass is 9.86. The Morgan fingerprint density at radius 2 is 1.61 bits per heavy atom. The van der Waals surface area contributed by atoms with Crippen molar-refractivity contribution in [2.75, 3.05) is 53.4 Å². The third-order valence-corrected chi connectivity index (χ3v) is 4.52. The minimum atomic E-state index is 0.125. The first-order valence-electron chi connectivity index (χ1n) is 8.54. The van der Waals surface area contributed by atoms with E-state index in [-0.39, 0.29) is 11.3 Å². The maximum absolute atomic E-state index is 12.6. The Morgan fingerprint density at radius 1 is 1.04 bits per heavy atom. The SMILES string of the molecule is CN(C)CCN1CCN(C(=O)c2ccc(C(C)(C)C)cc2)CC1. The van der Waals surface area contributed by atoms with E-state index in [9.17, 15) is 4.79 Å². The van der Waals surface area contributed by atoms with E-state index >= 15 is 0 Å². The smallest absolute Gasteiger partial charge is 0.253 e. The number of carbonyl (C=O) groups excluding carboxylic acids is 1. The molecule has 2 rings (SSSR count). The fraction of sp³-hybridized carbons (Fsp3) is 0.632. The normalized spacial score (nSPS) is 16.9. The molecule has 1 aliphatic heterocycles. The molecule has 0 radical (unpaired) electrons. The summed E-state index contributed by atoms with van der Waals surface area (Å²) in [6.07, 6.45) is 0. The molecule has 0 bridgehead atoms. The molecule has 1 amide bonds. The zero-order valence-corrected chi connectivity index (χ0v) is 15.3. The van der Waals surface area contributed by atoms with Crippen molar-refractivity contribution in [2.45, 2.75) is 26.2 Å². The number of piperazine rings is 1. The van der Waals surface area contributed by atoms with E-state index in [1.807, 2.05) is 17.0 Å². The minimum absolute atomic E-state index is 0.125. The van der Waals surface area contributed by atoms with Gasteiger partial charge < -0.3 is 9.80 Å². The lowest BCUT2D eigenvalue weighted by Crippen LogP contribution is -2.49. The van der Waals surface area contributed by atoms with E-state index in [1.165, 1.54) is 5.56 Å². The van der Waals surface area contributed by atoms with Crippen LogP contribution in [-0.4, -0.2) is 74.0 Å². The largest absolute Gasteiger partial charge is 0.336 e. The van der Waals surface area contributed by atoms with Crippen LogP contribution in [0.15, 0.2) is 24.3 Å². The number of likely N-dealkylation sites (N-methyl/N-ethyl adjacent to an activating group) is 1. The fourth-order valence-corrected chi connectivity index (χ4v) is 2.81. The molecule has 23 heavy (non-hydrogen) atoms. The predicted octanol–water partition coefficient (Wildman–Crippen LogP) is 2.30. The highest BCUT2D eigenvalue weighted by Crippen LogP contribution is 2.22. The Morgan fingerprint density at radius 3 is 2.09 bits per heavy atom. The van der Waals surface area contributed by atoms with E-state index in [2.05, 4.69) is 56.8 Å². The highest BCUT2D eigenvalue weighted by molar-refractivity contribution is 5.94. The first-order chi connectivity index (χ1) is 10.8. The summed E-state index contributed by atoms with van der Waals surface area (Å²) in [5.41, 5.74) is 2.20. The van der Waals surface area contributed by atoms with Gasteiger partial charge in [0.1, 0.15) is 0 Å². The topological polar surface area (TPSA) is 26.8 Å². The molecule has 1 saturated heterocycles. The highest BCUT2D eigenvalue weighted by Gasteiger charge is 2.22. The van der Waals surface area contributed by atoms with Crippen LogP contribution in [0.3, 0.4) is 0 Å². The van der Waals surface area contributed by atoms with Gasteiger partial charge in [-0.05, 0) is 37.2 Å². The van der Waals surface area contributed by atoms with E-state index in [0.29, 0.717) is 0 Å².